The van der Waals surface area contributed by atoms with Gasteiger partial charge in [0.2, 0.25) is 0 Å². The van der Waals surface area contributed by atoms with Gasteiger partial charge in [-0.1, -0.05) is 19.1 Å². The van der Waals surface area contributed by atoms with Crippen molar-refractivity contribution in [2.75, 3.05) is 30.4 Å². The molecule has 6 heteroatoms. The number of hydrogen-bond donors (Lipinski definition) is 2. The number of anilines is 2. The smallest absolute Gasteiger partial charge is 0.171 e. The van der Waals surface area contributed by atoms with Gasteiger partial charge >= 0.3 is 0 Å². The molecule has 138 valence electrons. The zero-order valence-electron chi connectivity index (χ0n) is 15.4. The number of nitrogens with zero attached hydrogens (tertiary/aromatic N) is 2. The van der Waals surface area contributed by atoms with Crippen molar-refractivity contribution in [1.82, 2.24) is 10.3 Å². The molecular formula is C20H26N4OS. The molecule has 1 aromatic carbocycles. The predicted octanol–water partition coefficient (Wildman–Crippen LogP) is 3.81. The monoisotopic (exact) mass is 370 g/mol. The number of methoxy groups -OCH3 is 1. The van der Waals surface area contributed by atoms with Crippen LogP contribution in [0.4, 0.5) is 11.5 Å². The molecule has 1 aromatic heterocycles. The molecule has 1 aliphatic heterocycles. The van der Waals surface area contributed by atoms with Gasteiger partial charge in [0.05, 0.1) is 19.0 Å². The van der Waals surface area contributed by atoms with Crippen LogP contribution in [0, 0.1) is 5.92 Å². The zero-order valence-corrected chi connectivity index (χ0v) is 16.2. The van der Waals surface area contributed by atoms with Crippen molar-refractivity contribution < 1.29 is 4.74 Å². The van der Waals surface area contributed by atoms with E-state index >= 15 is 0 Å². The van der Waals surface area contributed by atoms with Crippen LogP contribution in [-0.4, -0.2) is 30.3 Å². The Balaban J connectivity index is 1.49. The van der Waals surface area contributed by atoms with Gasteiger partial charge in [-0.2, -0.15) is 0 Å². The van der Waals surface area contributed by atoms with Gasteiger partial charge in [-0.25, -0.2) is 4.98 Å². The molecule has 26 heavy (non-hydrogen) atoms. The summed E-state index contributed by atoms with van der Waals surface area (Å²) in [6.45, 7) is 5.13. The first-order chi connectivity index (χ1) is 12.6. The molecule has 1 saturated heterocycles. The van der Waals surface area contributed by atoms with E-state index < -0.39 is 0 Å². The van der Waals surface area contributed by atoms with E-state index in [9.17, 15) is 0 Å². The first-order valence-corrected chi connectivity index (χ1v) is 9.43. The number of nitrogens with one attached hydrogen (secondary N) is 2. The Morgan fingerprint density at radius 3 is 2.73 bits per heavy atom. The molecule has 2 N–H and O–H groups in total. The number of aromatic nitrogens is 1. The third-order valence-corrected chi connectivity index (χ3v) is 4.85. The molecule has 3 rings (SSSR count). The number of piperidine rings is 1. The van der Waals surface area contributed by atoms with Gasteiger partial charge in [0, 0.05) is 19.6 Å². The molecule has 0 saturated carbocycles. The summed E-state index contributed by atoms with van der Waals surface area (Å²) in [5, 5.41) is 6.98. The molecule has 0 spiro atoms. The van der Waals surface area contributed by atoms with Crippen LogP contribution in [0.25, 0.3) is 0 Å². The summed E-state index contributed by atoms with van der Waals surface area (Å²) in [6.07, 6.45) is 4.39. The maximum Gasteiger partial charge on any atom is 0.171 e. The summed E-state index contributed by atoms with van der Waals surface area (Å²) in [5.41, 5.74) is 2.04. The molecular weight excluding hydrogens is 344 g/mol. The predicted molar refractivity (Wildman–Crippen MR) is 111 cm³/mol. The Morgan fingerprint density at radius 1 is 1.27 bits per heavy atom. The maximum atomic E-state index is 5.37. The third kappa shape index (κ3) is 5.08. The normalized spacial score (nSPS) is 16.8. The minimum atomic E-state index is 0.585. The van der Waals surface area contributed by atoms with E-state index in [-0.39, 0.29) is 0 Å². The fourth-order valence-electron chi connectivity index (χ4n) is 3.15. The second-order valence-corrected chi connectivity index (χ2v) is 7.16. The van der Waals surface area contributed by atoms with Crippen molar-refractivity contribution in [1.29, 1.82) is 0 Å². The maximum absolute atomic E-state index is 5.37. The van der Waals surface area contributed by atoms with E-state index in [0.717, 1.165) is 41.8 Å². The largest absolute Gasteiger partial charge is 0.497 e. The lowest BCUT2D eigenvalue weighted by Gasteiger charge is -2.31. The van der Waals surface area contributed by atoms with Crippen LogP contribution in [0.5, 0.6) is 5.75 Å². The molecule has 0 radical (unpaired) electrons. The first-order valence-electron chi connectivity index (χ1n) is 9.03. The second-order valence-electron chi connectivity index (χ2n) is 6.75. The van der Waals surface area contributed by atoms with Crippen molar-refractivity contribution >= 4 is 28.8 Å². The summed E-state index contributed by atoms with van der Waals surface area (Å²) < 4.78 is 5.16. The van der Waals surface area contributed by atoms with E-state index in [1.807, 2.05) is 36.5 Å². The number of thiocarbonyl (C=S) groups is 1. The standard InChI is InChI=1S/C20H26N4OS/c1-15-4-3-11-24(14-15)19-10-7-17(13-21-19)23-20(26)22-12-16-5-8-18(25-2)9-6-16/h5-10,13,15H,3-4,11-12,14H2,1-2H3,(H2,22,23,26)/t15-/m0/s1. The fraction of sp³-hybridized carbons (Fsp3) is 0.400. The summed E-state index contributed by atoms with van der Waals surface area (Å²) >= 11 is 5.37. The van der Waals surface area contributed by atoms with Crippen LogP contribution in [0.15, 0.2) is 42.6 Å². The lowest BCUT2D eigenvalue weighted by atomic mass is 10.0. The first kappa shape index (κ1) is 18.5. The molecule has 0 aliphatic carbocycles. The minimum absolute atomic E-state index is 0.585. The Bertz CT molecular complexity index is 718. The van der Waals surface area contributed by atoms with Gasteiger partial charge in [0.25, 0.3) is 0 Å². The van der Waals surface area contributed by atoms with Crippen LogP contribution in [0.2, 0.25) is 0 Å². The quantitative estimate of drug-likeness (QED) is 0.781. The molecule has 0 amide bonds. The van der Waals surface area contributed by atoms with Gasteiger partial charge < -0.3 is 20.3 Å². The summed E-state index contributed by atoms with van der Waals surface area (Å²) in [5.74, 6) is 2.63. The Morgan fingerprint density at radius 2 is 2.08 bits per heavy atom. The van der Waals surface area contributed by atoms with E-state index in [1.165, 1.54) is 12.8 Å². The number of hydrogen-bond acceptors (Lipinski definition) is 4. The van der Waals surface area contributed by atoms with Gasteiger partial charge in [0.15, 0.2) is 5.11 Å². The third-order valence-electron chi connectivity index (χ3n) is 4.60. The Labute approximate surface area is 160 Å². The van der Waals surface area contributed by atoms with Crippen molar-refractivity contribution in [3.63, 3.8) is 0 Å². The average molecular weight is 371 g/mol. The second kappa shape index (κ2) is 8.85. The summed E-state index contributed by atoms with van der Waals surface area (Å²) in [6, 6.07) is 12.0. The number of rotatable bonds is 5. The van der Waals surface area contributed by atoms with Crippen molar-refractivity contribution in [2.45, 2.75) is 26.3 Å². The lowest BCUT2D eigenvalue weighted by molar-refractivity contribution is 0.414. The van der Waals surface area contributed by atoms with Crippen molar-refractivity contribution in [3.8, 4) is 5.75 Å². The molecule has 5 nitrogen and oxygen atoms in total. The van der Waals surface area contributed by atoms with E-state index in [2.05, 4.69) is 33.5 Å². The molecule has 0 bridgehead atoms. The molecule has 2 aromatic rings. The topological polar surface area (TPSA) is 49.4 Å². The van der Waals surface area contributed by atoms with E-state index in [0.29, 0.717) is 11.7 Å². The molecule has 2 heterocycles. The van der Waals surface area contributed by atoms with Crippen LogP contribution in [0.3, 0.4) is 0 Å². The SMILES string of the molecule is COc1ccc(CNC(=S)Nc2ccc(N3CCC[C@H](C)C3)nc2)cc1. The molecule has 1 atom stereocenters. The van der Waals surface area contributed by atoms with Gasteiger partial charge in [0.1, 0.15) is 11.6 Å². The highest BCUT2D eigenvalue weighted by Gasteiger charge is 2.17. The van der Waals surface area contributed by atoms with Crippen LogP contribution in [0.1, 0.15) is 25.3 Å². The molecule has 0 unspecified atom stereocenters. The highest BCUT2D eigenvalue weighted by Crippen LogP contribution is 2.22. The van der Waals surface area contributed by atoms with E-state index in [1.54, 1.807) is 7.11 Å². The van der Waals surface area contributed by atoms with Gasteiger partial charge in [-0.05, 0) is 60.8 Å². The van der Waals surface area contributed by atoms with Crippen LogP contribution < -0.4 is 20.3 Å². The summed E-state index contributed by atoms with van der Waals surface area (Å²) in [7, 11) is 1.66. The highest BCUT2D eigenvalue weighted by molar-refractivity contribution is 7.80. The van der Waals surface area contributed by atoms with Crippen molar-refractivity contribution in [2.24, 2.45) is 5.92 Å². The van der Waals surface area contributed by atoms with Crippen LogP contribution >= 0.6 is 12.2 Å². The van der Waals surface area contributed by atoms with Crippen molar-refractivity contribution in [3.05, 3.63) is 48.2 Å². The van der Waals surface area contributed by atoms with Gasteiger partial charge in [-0.3, -0.25) is 0 Å². The number of pyridine rings is 1. The number of benzene rings is 1. The fourth-order valence-corrected chi connectivity index (χ4v) is 3.34. The van der Waals surface area contributed by atoms with Crippen LogP contribution in [-0.2, 0) is 6.54 Å². The minimum Gasteiger partial charge on any atom is -0.497 e. The molecule has 1 fully saturated rings. The zero-order chi connectivity index (χ0) is 18.4. The Kier molecular flexibility index (Phi) is 6.28. The lowest BCUT2D eigenvalue weighted by Crippen LogP contribution is -2.34. The van der Waals surface area contributed by atoms with E-state index in [4.69, 9.17) is 17.0 Å². The summed E-state index contributed by atoms with van der Waals surface area (Å²) in [4.78, 5) is 6.95. The van der Waals surface area contributed by atoms with Gasteiger partial charge in [-0.15, -0.1) is 0 Å². The Hall–Kier alpha value is -2.34. The molecule has 1 aliphatic rings. The highest BCUT2D eigenvalue weighted by atomic mass is 32.1. The average Bonchev–Trinajstić information content (AvgIpc) is 2.67. The number of ether oxygens (including phenoxy) is 1.